The number of benzene rings is 3. The number of carbonyl (C=O) groups excluding carboxylic acids is 1. The fourth-order valence-corrected chi connectivity index (χ4v) is 6.45. The number of halogens is 3. The van der Waals surface area contributed by atoms with Crippen LogP contribution in [0, 0.1) is 0 Å². The summed E-state index contributed by atoms with van der Waals surface area (Å²) in [5.74, 6) is 2.11. The lowest BCUT2D eigenvalue weighted by molar-refractivity contribution is -0.139. The molecule has 2 heterocycles. The molecule has 0 radical (unpaired) electrons. The molecule has 1 atom stereocenters. The quantitative estimate of drug-likeness (QED) is 0.168. The standard InChI is InChI=1S/C36H44F3N5O5/c1-41(34(45)27-21-31(47-3)33(49-5)32(22-27)48-4)23-26(25-11-13-28(46-2)14-12-25)15-18-42-16-8-17-43(20-19-42)35-40-29-9-6-7-10-30(29)44(35)24-36(37,38)39/h6-7,9-14,21-22,26H,8,15-20,23-24H2,1-5H3. The highest BCUT2D eigenvalue weighted by molar-refractivity contribution is 5.95. The molecule has 0 N–H and O–H groups in total. The van der Waals surface area contributed by atoms with E-state index in [1.165, 1.54) is 25.9 Å². The van der Waals surface area contributed by atoms with Gasteiger partial charge in [0.05, 0.1) is 39.5 Å². The van der Waals surface area contributed by atoms with Gasteiger partial charge in [0.25, 0.3) is 5.91 Å². The Balaban J connectivity index is 1.30. The smallest absolute Gasteiger partial charge is 0.406 e. The van der Waals surface area contributed by atoms with E-state index in [-0.39, 0.29) is 11.8 Å². The van der Waals surface area contributed by atoms with Gasteiger partial charge in [-0.05, 0) is 67.9 Å². The van der Waals surface area contributed by atoms with E-state index in [0.29, 0.717) is 66.0 Å². The van der Waals surface area contributed by atoms with Gasteiger partial charge in [0.1, 0.15) is 12.3 Å². The number of aromatic nitrogens is 2. The molecule has 13 heteroatoms. The zero-order valence-corrected chi connectivity index (χ0v) is 28.6. The largest absolute Gasteiger partial charge is 0.497 e. The molecule has 0 bridgehead atoms. The molecule has 264 valence electrons. The van der Waals surface area contributed by atoms with Crippen molar-refractivity contribution in [1.82, 2.24) is 19.4 Å². The van der Waals surface area contributed by atoms with Gasteiger partial charge in [0, 0.05) is 44.7 Å². The number of carbonyl (C=O) groups is 1. The number of nitrogens with zero attached hydrogens (tertiary/aromatic N) is 5. The van der Waals surface area contributed by atoms with Crippen LogP contribution in [0.2, 0.25) is 0 Å². The Labute approximate surface area is 284 Å². The monoisotopic (exact) mass is 683 g/mol. The number of rotatable bonds is 13. The number of hydrogen-bond donors (Lipinski definition) is 0. The molecule has 1 fully saturated rings. The average Bonchev–Trinajstić information content (AvgIpc) is 3.28. The minimum Gasteiger partial charge on any atom is -0.497 e. The van der Waals surface area contributed by atoms with Crippen LogP contribution in [0.25, 0.3) is 11.0 Å². The SMILES string of the molecule is COc1ccc(C(CCN2CCCN(c3nc4ccccc4n3CC(F)(F)F)CC2)CN(C)C(=O)c2cc(OC)c(OC)c(OC)c2)cc1. The van der Waals surface area contributed by atoms with Crippen molar-refractivity contribution < 1.29 is 36.9 Å². The van der Waals surface area contributed by atoms with Gasteiger partial charge < -0.3 is 38.2 Å². The Morgan fingerprint density at radius 1 is 0.898 bits per heavy atom. The van der Waals surface area contributed by atoms with Crippen molar-refractivity contribution in [3.05, 3.63) is 71.8 Å². The molecule has 1 saturated heterocycles. The molecule has 4 aromatic rings. The summed E-state index contributed by atoms with van der Waals surface area (Å²) in [6, 6.07) is 18.1. The van der Waals surface area contributed by atoms with Crippen molar-refractivity contribution in [3.63, 3.8) is 0 Å². The van der Waals surface area contributed by atoms with Crippen LogP contribution in [0.1, 0.15) is 34.7 Å². The van der Waals surface area contributed by atoms with Gasteiger partial charge in [-0.25, -0.2) is 4.98 Å². The summed E-state index contributed by atoms with van der Waals surface area (Å²) in [6.07, 6.45) is -2.83. The molecule has 10 nitrogen and oxygen atoms in total. The van der Waals surface area contributed by atoms with Gasteiger partial charge in [-0.2, -0.15) is 13.2 Å². The molecule has 1 aliphatic heterocycles. The Hall–Kier alpha value is -4.65. The van der Waals surface area contributed by atoms with E-state index in [0.717, 1.165) is 37.2 Å². The molecule has 1 aliphatic rings. The van der Waals surface area contributed by atoms with Crippen molar-refractivity contribution in [3.8, 4) is 23.0 Å². The van der Waals surface area contributed by atoms with Crippen molar-refractivity contribution in [1.29, 1.82) is 0 Å². The third kappa shape index (κ3) is 8.51. The maximum Gasteiger partial charge on any atom is 0.406 e. The van der Waals surface area contributed by atoms with Crippen LogP contribution in [0.3, 0.4) is 0 Å². The van der Waals surface area contributed by atoms with Gasteiger partial charge in [0.15, 0.2) is 11.5 Å². The second-order valence-corrected chi connectivity index (χ2v) is 12.1. The summed E-state index contributed by atoms with van der Waals surface area (Å²) in [7, 11) is 7.93. The van der Waals surface area contributed by atoms with E-state index >= 15 is 0 Å². The van der Waals surface area contributed by atoms with E-state index < -0.39 is 12.7 Å². The van der Waals surface area contributed by atoms with Crippen LogP contribution in [0.5, 0.6) is 23.0 Å². The van der Waals surface area contributed by atoms with Gasteiger partial charge in [0.2, 0.25) is 11.7 Å². The first kappa shape index (κ1) is 35.7. The van der Waals surface area contributed by atoms with Gasteiger partial charge in [-0.3, -0.25) is 4.79 Å². The zero-order valence-electron chi connectivity index (χ0n) is 28.6. The predicted octanol–water partition coefficient (Wildman–Crippen LogP) is 6.09. The minimum atomic E-state index is -4.37. The molecule has 0 aliphatic carbocycles. The Morgan fingerprint density at radius 3 is 2.22 bits per heavy atom. The average molecular weight is 684 g/mol. The molecular formula is C36H44F3N5O5. The van der Waals surface area contributed by atoms with E-state index in [1.807, 2.05) is 29.2 Å². The number of likely N-dealkylation sites (N-methyl/N-ethyl adjacent to an activating group) is 1. The van der Waals surface area contributed by atoms with Crippen LogP contribution < -0.4 is 23.8 Å². The summed E-state index contributed by atoms with van der Waals surface area (Å²) in [5.41, 5.74) is 2.51. The number of imidazole rings is 1. The molecule has 1 amide bonds. The molecule has 0 saturated carbocycles. The van der Waals surface area contributed by atoms with Crippen LogP contribution in [-0.2, 0) is 6.54 Å². The molecule has 0 spiro atoms. The van der Waals surface area contributed by atoms with Crippen molar-refractivity contribution in [2.24, 2.45) is 0 Å². The van der Waals surface area contributed by atoms with Crippen molar-refractivity contribution in [2.45, 2.75) is 31.5 Å². The van der Waals surface area contributed by atoms with E-state index in [1.54, 1.807) is 55.5 Å². The number of hydrogen-bond acceptors (Lipinski definition) is 8. The van der Waals surface area contributed by atoms with Crippen LogP contribution in [-0.4, -0.2) is 106 Å². The lowest BCUT2D eigenvalue weighted by Gasteiger charge is -2.28. The highest BCUT2D eigenvalue weighted by Crippen LogP contribution is 2.38. The summed E-state index contributed by atoms with van der Waals surface area (Å²) in [4.78, 5) is 24.3. The predicted molar refractivity (Wildman–Crippen MR) is 182 cm³/mol. The number of ether oxygens (including phenoxy) is 4. The summed E-state index contributed by atoms with van der Waals surface area (Å²) < 4.78 is 63.8. The molecule has 5 rings (SSSR count). The van der Waals surface area contributed by atoms with E-state index in [2.05, 4.69) is 9.88 Å². The summed E-state index contributed by atoms with van der Waals surface area (Å²) in [5, 5.41) is 0. The number of alkyl halides is 3. The van der Waals surface area contributed by atoms with Gasteiger partial charge >= 0.3 is 6.18 Å². The summed E-state index contributed by atoms with van der Waals surface area (Å²) >= 11 is 0. The normalized spacial score (nSPS) is 14.7. The highest BCUT2D eigenvalue weighted by atomic mass is 19.4. The van der Waals surface area contributed by atoms with Crippen molar-refractivity contribution in [2.75, 3.05) is 79.7 Å². The van der Waals surface area contributed by atoms with Gasteiger partial charge in [-0.15, -0.1) is 0 Å². The Morgan fingerprint density at radius 2 is 1.59 bits per heavy atom. The molecular weight excluding hydrogens is 639 g/mol. The molecule has 1 unspecified atom stereocenters. The van der Waals surface area contributed by atoms with Crippen molar-refractivity contribution >= 4 is 22.9 Å². The first-order chi connectivity index (χ1) is 23.5. The first-order valence-electron chi connectivity index (χ1n) is 16.2. The van der Waals surface area contributed by atoms with Crippen LogP contribution in [0.4, 0.5) is 19.1 Å². The number of anilines is 1. The summed E-state index contributed by atoms with van der Waals surface area (Å²) in [6.45, 7) is 2.73. The van der Waals surface area contributed by atoms with Crippen LogP contribution >= 0.6 is 0 Å². The second-order valence-electron chi connectivity index (χ2n) is 12.1. The molecule has 3 aromatic carbocycles. The van der Waals surface area contributed by atoms with E-state index in [4.69, 9.17) is 18.9 Å². The highest BCUT2D eigenvalue weighted by Gasteiger charge is 2.32. The van der Waals surface area contributed by atoms with Crippen LogP contribution in [0.15, 0.2) is 60.7 Å². The maximum atomic E-state index is 13.7. The Kier molecular flexibility index (Phi) is 11.4. The second kappa shape index (κ2) is 15.7. The molecule has 49 heavy (non-hydrogen) atoms. The van der Waals surface area contributed by atoms with Gasteiger partial charge in [-0.1, -0.05) is 24.3 Å². The number of methoxy groups -OCH3 is 4. The zero-order chi connectivity index (χ0) is 35.1. The Bertz CT molecular complexity index is 1690. The number of fused-ring (bicyclic) bond motifs is 1. The topological polar surface area (TPSA) is 81.5 Å². The lowest BCUT2D eigenvalue weighted by atomic mass is 9.94. The number of para-hydroxylation sites is 2. The fraction of sp³-hybridized carbons (Fsp3) is 0.444. The molecule has 1 aromatic heterocycles. The third-order valence-corrected chi connectivity index (χ3v) is 8.98. The minimum absolute atomic E-state index is 0.00256. The van der Waals surface area contributed by atoms with E-state index in [9.17, 15) is 18.0 Å². The first-order valence-corrected chi connectivity index (χ1v) is 16.2. The third-order valence-electron chi connectivity index (χ3n) is 8.98. The lowest BCUT2D eigenvalue weighted by Crippen LogP contribution is -2.35. The number of amides is 1. The maximum absolute atomic E-state index is 13.7. The fourth-order valence-electron chi connectivity index (χ4n) is 6.45.